The Balaban J connectivity index is 2.54. The number of benzene rings is 2. The van der Waals surface area contributed by atoms with E-state index in [-0.39, 0.29) is 17.9 Å². The molecule has 0 spiro atoms. The minimum Gasteiger partial charge on any atom is -0.463 e. The van der Waals surface area contributed by atoms with E-state index in [9.17, 15) is 27.2 Å². The molecule has 5 nitrogen and oxygen atoms in total. The number of ether oxygens (including phenoxy) is 1. The summed E-state index contributed by atoms with van der Waals surface area (Å²) >= 11 is 5.62. The zero-order chi connectivity index (χ0) is 21.8. The van der Waals surface area contributed by atoms with Gasteiger partial charge in [0, 0.05) is 11.3 Å². The third-order valence-corrected chi connectivity index (χ3v) is 4.13. The summed E-state index contributed by atoms with van der Waals surface area (Å²) in [6.07, 6.45) is -5.32. The van der Waals surface area contributed by atoms with Crippen molar-refractivity contribution in [1.29, 1.82) is 0 Å². The van der Waals surface area contributed by atoms with Crippen LogP contribution in [0.15, 0.2) is 42.5 Å². The van der Waals surface area contributed by atoms with Crippen molar-refractivity contribution in [2.45, 2.75) is 25.7 Å². The van der Waals surface area contributed by atoms with Crippen molar-refractivity contribution in [3.63, 3.8) is 0 Å². The molecule has 2 aromatic rings. The number of aryl methyl sites for hydroxylation is 1. The highest BCUT2D eigenvalue weighted by Crippen LogP contribution is 2.34. The standard InChI is InChI=1S/C19H17ClF4N2O3/c1-3-29-17(28)18(19(22,23)24,25-13-7-8-15(21)14(20)10-13)26-16(27)12-6-4-5-11(2)9-12/h4-10,25H,3H2,1-2H3,(H,26,27)/t18-/m0/s1. The van der Waals surface area contributed by atoms with Crippen LogP contribution in [0.3, 0.4) is 0 Å². The zero-order valence-corrected chi connectivity index (χ0v) is 16.1. The molecule has 29 heavy (non-hydrogen) atoms. The summed E-state index contributed by atoms with van der Waals surface area (Å²) in [6, 6.07) is 8.41. The molecule has 0 aliphatic carbocycles. The zero-order valence-electron chi connectivity index (χ0n) is 15.4. The van der Waals surface area contributed by atoms with E-state index >= 15 is 0 Å². The molecule has 2 rings (SSSR count). The quantitative estimate of drug-likeness (QED) is 0.402. The molecule has 0 bridgehead atoms. The largest absolute Gasteiger partial charge is 0.463 e. The van der Waals surface area contributed by atoms with Gasteiger partial charge in [0.25, 0.3) is 5.91 Å². The molecule has 0 saturated carbocycles. The molecular weight excluding hydrogens is 416 g/mol. The summed E-state index contributed by atoms with van der Waals surface area (Å²) in [6.45, 7) is 2.59. The molecule has 1 atom stereocenters. The van der Waals surface area contributed by atoms with Gasteiger partial charge in [0.1, 0.15) is 5.82 Å². The van der Waals surface area contributed by atoms with Crippen LogP contribution in [0.1, 0.15) is 22.8 Å². The van der Waals surface area contributed by atoms with Crippen molar-refractivity contribution in [2.24, 2.45) is 0 Å². The van der Waals surface area contributed by atoms with Gasteiger partial charge in [-0.25, -0.2) is 9.18 Å². The van der Waals surface area contributed by atoms with Gasteiger partial charge in [-0.05, 0) is 44.2 Å². The van der Waals surface area contributed by atoms with Gasteiger partial charge in [0.05, 0.1) is 11.6 Å². The van der Waals surface area contributed by atoms with Crippen LogP contribution in [0, 0.1) is 12.7 Å². The molecule has 0 aliphatic heterocycles. The highest BCUT2D eigenvalue weighted by Gasteiger charge is 2.63. The van der Waals surface area contributed by atoms with Gasteiger partial charge in [-0.3, -0.25) is 4.79 Å². The first-order valence-electron chi connectivity index (χ1n) is 8.36. The number of rotatable bonds is 6. The first kappa shape index (κ1) is 22.5. The van der Waals surface area contributed by atoms with E-state index in [0.717, 1.165) is 18.2 Å². The number of hydrogen-bond acceptors (Lipinski definition) is 4. The maximum atomic E-state index is 14.1. The number of carbonyl (C=O) groups is 2. The van der Waals surface area contributed by atoms with Gasteiger partial charge in [0.15, 0.2) is 0 Å². The van der Waals surface area contributed by atoms with Crippen molar-refractivity contribution in [3.05, 3.63) is 64.4 Å². The topological polar surface area (TPSA) is 67.4 Å². The predicted molar refractivity (Wildman–Crippen MR) is 99.1 cm³/mol. The molecule has 0 aromatic heterocycles. The Hall–Kier alpha value is -2.81. The maximum Gasteiger partial charge on any atom is 0.441 e. The summed E-state index contributed by atoms with van der Waals surface area (Å²) in [7, 11) is 0. The average molecular weight is 433 g/mol. The molecule has 0 heterocycles. The fraction of sp³-hybridized carbons (Fsp3) is 0.263. The Labute approximate surface area is 169 Å². The number of carbonyl (C=O) groups excluding carboxylic acids is 2. The average Bonchev–Trinajstić information content (AvgIpc) is 2.63. The van der Waals surface area contributed by atoms with E-state index in [1.165, 1.54) is 25.1 Å². The molecule has 156 valence electrons. The fourth-order valence-electron chi connectivity index (χ4n) is 2.45. The van der Waals surface area contributed by atoms with Crippen LogP contribution in [0.4, 0.5) is 23.2 Å². The Morgan fingerprint density at radius 1 is 1.14 bits per heavy atom. The minimum absolute atomic E-state index is 0.0955. The minimum atomic E-state index is -5.32. The number of nitrogens with one attached hydrogen (secondary N) is 2. The molecule has 2 N–H and O–H groups in total. The van der Waals surface area contributed by atoms with Crippen molar-refractivity contribution < 1.29 is 31.9 Å². The number of halogens is 5. The monoisotopic (exact) mass is 432 g/mol. The van der Waals surface area contributed by atoms with E-state index in [2.05, 4.69) is 4.74 Å². The Morgan fingerprint density at radius 3 is 2.38 bits per heavy atom. The summed E-state index contributed by atoms with van der Waals surface area (Å²) in [5.41, 5.74) is -3.46. The van der Waals surface area contributed by atoms with Crippen molar-refractivity contribution in [1.82, 2.24) is 5.32 Å². The second kappa shape index (κ2) is 8.69. The predicted octanol–water partition coefficient (Wildman–Crippen LogP) is 4.45. The van der Waals surface area contributed by atoms with E-state index < -0.39 is 34.6 Å². The highest BCUT2D eigenvalue weighted by molar-refractivity contribution is 6.31. The van der Waals surface area contributed by atoms with Gasteiger partial charge in [-0.1, -0.05) is 29.3 Å². The van der Waals surface area contributed by atoms with Crippen LogP contribution >= 0.6 is 11.6 Å². The number of anilines is 1. The number of amides is 1. The molecule has 10 heteroatoms. The van der Waals surface area contributed by atoms with Crippen molar-refractivity contribution in [2.75, 3.05) is 11.9 Å². The van der Waals surface area contributed by atoms with E-state index in [0.29, 0.717) is 5.56 Å². The molecular formula is C19H17ClF4N2O3. The van der Waals surface area contributed by atoms with Crippen LogP contribution in [0.2, 0.25) is 5.02 Å². The van der Waals surface area contributed by atoms with E-state index in [1.807, 2.05) is 5.32 Å². The van der Waals surface area contributed by atoms with Crippen LogP contribution in [-0.4, -0.2) is 30.3 Å². The number of alkyl halides is 3. The first-order chi connectivity index (χ1) is 13.5. The van der Waals surface area contributed by atoms with Crippen LogP contribution < -0.4 is 10.6 Å². The highest BCUT2D eigenvalue weighted by atomic mass is 35.5. The Bertz CT molecular complexity index is 921. The number of hydrogen-bond donors (Lipinski definition) is 2. The van der Waals surface area contributed by atoms with Crippen molar-refractivity contribution in [3.8, 4) is 0 Å². The smallest absolute Gasteiger partial charge is 0.441 e. The fourth-order valence-corrected chi connectivity index (χ4v) is 2.63. The van der Waals surface area contributed by atoms with Gasteiger partial charge in [0.2, 0.25) is 0 Å². The molecule has 1 amide bonds. The van der Waals surface area contributed by atoms with E-state index in [1.54, 1.807) is 18.3 Å². The molecule has 0 fully saturated rings. The number of esters is 1. The first-order valence-corrected chi connectivity index (χ1v) is 8.74. The summed E-state index contributed by atoms with van der Waals surface area (Å²) in [5, 5.41) is 3.14. The van der Waals surface area contributed by atoms with E-state index in [4.69, 9.17) is 11.6 Å². The molecule has 0 saturated heterocycles. The van der Waals surface area contributed by atoms with Gasteiger partial charge in [-0.15, -0.1) is 0 Å². The summed E-state index contributed by atoms with van der Waals surface area (Å²) in [5.74, 6) is -3.82. The third kappa shape index (κ3) is 4.97. The Kier molecular flexibility index (Phi) is 6.73. The second-order valence-electron chi connectivity index (χ2n) is 6.05. The maximum absolute atomic E-state index is 14.1. The lowest BCUT2D eigenvalue weighted by atomic mass is 10.1. The molecule has 0 radical (unpaired) electrons. The SMILES string of the molecule is CCOC(=O)[C@@](NC(=O)c1cccc(C)c1)(Nc1ccc(F)c(Cl)c1)C(F)(F)F. The summed E-state index contributed by atoms with van der Waals surface area (Å²) in [4.78, 5) is 24.9. The lowest BCUT2D eigenvalue weighted by molar-refractivity contribution is -0.204. The molecule has 0 unspecified atom stereocenters. The third-order valence-electron chi connectivity index (χ3n) is 3.84. The summed E-state index contributed by atoms with van der Waals surface area (Å²) < 4.78 is 60.2. The van der Waals surface area contributed by atoms with Crippen molar-refractivity contribution >= 4 is 29.2 Å². The normalized spacial score (nSPS) is 13.3. The lowest BCUT2D eigenvalue weighted by Crippen LogP contribution is -2.69. The van der Waals surface area contributed by atoms with Crippen LogP contribution in [0.5, 0.6) is 0 Å². The van der Waals surface area contributed by atoms with Crippen LogP contribution in [0.25, 0.3) is 0 Å². The van der Waals surface area contributed by atoms with Crippen LogP contribution in [-0.2, 0) is 9.53 Å². The van der Waals surface area contributed by atoms with Gasteiger partial charge < -0.3 is 15.4 Å². The second-order valence-corrected chi connectivity index (χ2v) is 6.45. The van der Waals surface area contributed by atoms with Gasteiger partial charge in [-0.2, -0.15) is 13.2 Å². The van der Waals surface area contributed by atoms with Gasteiger partial charge >= 0.3 is 17.8 Å². The molecule has 0 aliphatic rings. The Morgan fingerprint density at radius 2 is 1.83 bits per heavy atom. The molecule has 2 aromatic carbocycles. The lowest BCUT2D eigenvalue weighted by Gasteiger charge is -2.35.